The van der Waals surface area contributed by atoms with Crippen LogP contribution in [0.3, 0.4) is 0 Å². The van der Waals surface area contributed by atoms with Crippen molar-refractivity contribution in [1.82, 2.24) is 0 Å². The van der Waals surface area contributed by atoms with Gasteiger partial charge in [0.1, 0.15) is 24.4 Å². The molecular weight excluding hydrogens is 180 g/mol. The molecule has 3 unspecified atom stereocenters. The summed E-state index contributed by atoms with van der Waals surface area (Å²) in [5.41, 5.74) is -0.430. The lowest BCUT2D eigenvalue weighted by Gasteiger charge is -2.38. The average Bonchev–Trinajstić information content (AvgIpc) is 2.08. The van der Waals surface area contributed by atoms with Crippen LogP contribution in [0.15, 0.2) is 0 Å². The van der Waals surface area contributed by atoms with Crippen LogP contribution in [0.4, 0.5) is 0 Å². The molecular formula is C6H14O5Si. The van der Waals surface area contributed by atoms with Gasteiger partial charge in [-0.1, -0.05) is 0 Å². The molecule has 1 saturated heterocycles. The largest absolute Gasteiger partial charge is 0.394 e. The summed E-state index contributed by atoms with van der Waals surface area (Å²) < 4.78 is 5.08. The highest BCUT2D eigenvalue weighted by Crippen LogP contribution is 2.18. The van der Waals surface area contributed by atoms with Gasteiger partial charge < -0.3 is 25.2 Å². The van der Waals surface area contributed by atoms with Gasteiger partial charge in [0.05, 0.1) is 12.3 Å². The smallest absolute Gasteiger partial charge is 0.111 e. The number of rotatable bonds is 1. The van der Waals surface area contributed by atoms with E-state index in [9.17, 15) is 15.3 Å². The van der Waals surface area contributed by atoms with E-state index in [1.165, 1.54) is 0 Å². The van der Waals surface area contributed by atoms with Crippen LogP contribution in [0.25, 0.3) is 0 Å². The molecule has 4 N–H and O–H groups in total. The van der Waals surface area contributed by atoms with Gasteiger partial charge in [-0.2, -0.15) is 0 Å². The van der Waals surface area contributed by atoms with Gasteiger partial charge in [0.2, 0.25) is 0 Å². The second-order valence-electron chi connectivity index (χ2n) is 3.03. The molecule has 0 spiro atoms. The van der Waals surface area contributed by atoms with Crippen molar-refractivity contribution in [3.8, 4) is 0 Å². The van der Waals surface area contributed by atoms with Crippen LogP contribution in [0, 0.1) is 0 Å². The molecule has 12 heavy (non-hydrogen) atoms. The van der Waals surface area contributed by atoms with E-state index in [2.05, 4.69) is 0 Å². The summed E-state index contributed by atoms with van der Waals surface area (Å²) in [7, 11) is 0.552. The fourth-order valence-corrected chi connectivity index (χ4v) is 2.03. The first-order valence-corrected chi connectivity index (χ1v) is 5.04. The summed E-state index contributed by atoms with van der Waals surface area (Å²) in [6.07, 6.45) is -4.21. The minimum absolute atomic E-state index is 0.344. The van der Waals surface area contributed by atoms with Gasteiger partial charge in [0.15, 0.2) is 0 Å². The summed E-state index contributed by atoms with van der Waals surface area (Å²) >= 11 is 0. The summed E-state index contributed by atoms with van der Waals surface area (Å²) in [5.74, 6) is 0. The van der Waals surface area contributed by atoms with E-state index < -0.39 is 30.1 Å². The molecule has 1 heterocycles. The maximum absolute atomic E-state index is 9.25. The molecule has 0 aromatic rings. The van der Waals surface area contributed by atoms with Gasteiger partial charge in [-0.15, -0.1) is 0 Å². The average molecular weight is 194 g/mol. The Labute approximate surface area is 73.0 Å². The second kappa shape index (κ2) is 3.82. The van der Waals surface area contributed by atoms with Crippen LogP contribution in [0.2, 0.25) is 0 Å². The SMILES string of the molecule is OCC1O[C@H]([SiH3])C(O)[C@@H](O)C1O. The highest BCUT2D eigenvalue weighted by atomic mass is 28.1. The quantitative estimate of drug-likeness (QED) is 0.321. The van der Waals surface area contributed by atoms with E-state index in [1.807, 2.05) is 0 Å². The Hall–Kier alpha value is 0.0169. The minimum atomic E-state index is -1.21. The van der Waals surface area contributed by atoms with Gasteiger partial charge in [0, 0.05) is 10.2 Å². The van der Waals surface area contributed by atoms with Crippen molar-refractivity contribution in [3.63, 3.8) is 0 Å². The lowest BCUT2D eigenvalue weighted by molar-refractivity contribution is -0.208. The molecule has 0 radical (unpaired) electrons. The van der Waals surface area contributed by atoms with Crippen LogP contribution in [0.1, 0.15) is 0 Å². The van der Waals surface area contributed by atoms with Crippen LogP contribution >= 0.6 is 0 Å². The van der Waals surface area contributed by atoms with Crippen molar-refractivity contribution in [2.24, 2.45) is 0 Å². The summed E-state index contributed by atoms with van der Waals surface area (Å²) in [6, 6.07) is 0. The first-order valence-electron chi connectivity index (χ1n) is 3.88. The monoisotopic (exact) mass is 194 g/mol. The Bertz CT molecular complexity index is 150. The van der Waals surface area contributed by atoms with Crippen LogP contribution in [-0.4, -0.2) is 67.4 Å². The fraction of sp³-hybridized carbons (Fsp3) is 1.00. The van der Waals surface area contributed by atoms with E-state index in [-0.39, 0.29) is 6.61 Å². The molecule has 1 fully saturated rings. The molecule has 0 aromatic carbocycles. The number of ether oxygens (including phenoxy) is 1. The standard InChI is InChI=1S/C6H14O5Si/c7-1-2-3(8)4(9)5(10)6(12)11-2/h2-10H,1H2,12H3/t2?,3?,4-,5?,6+/m0/s1. The van der Waals surface area contributed by atoms with Crippen molar-refractivity contribution < 1.29 is 25.2 Å². The predicted octanol–water partition coefficient (Wildman–Crippen LogP) is -3.85. The first kappa shape index (κ1) is 10.1. The Kier molecular flexibility index (Phi) is 3.21. The van der Waals surface area contributed by atoms with Crippen LogP contribution in [-0.2, 0) is 4.74 Å². The molecule has 5 nitrogen and oxygen atoms in total. The Morgan fingerprint density at radius 3 is 2.17 bits per heavy atom. The van der Waals surface area contributed by atoms with E-state index in [1.54, 1.807) is 0 Å². The molecule has 1 aliphatic rings. The Morgan fingerprint density at radius 1 is 1.08 bits per heavy atom. The lowest BCUT2D eigenvalue weighted by atomic mass is 10.0. The van der Waals surface area contributed by atoms with Crippen LogP contribution in [0.5, 0.6) is 0 Å². The van der Waals surface area contributed by atoms with Crippen LogP contribution < -0.4 is 0 Å². The highest BCUT2D eigenvalue weighted by molar-refractivity contribution is 6.11. The highest BCUT2D eigenvalue weighted by Gasteiger charge is 2.40. The molecule has 1 aliphatic heterocycles. The molecule has 1 rings (SSSR count). The molecule has 0 aliphatic carbocycles. The van der Waals surface area contributed by atoms with E-state index >= 15 is 0 Å². The third kappa shape index (κ3) is 1.68. The number of hydrogen-bond donors (Lipinski definition) is 4. The third-order valence-electron chi connectivity index (χ3n) is 2.13. The summed E-state index contributed by atoms with van der Waals surface area (Å²) in [5, 5.41) is 36.5. The Morgan fingerprint density at radius 2 is 1.67 bits per heavy atom. The number of hydrogen-bond acceptors (Lipinski definition) is 5. The summed E-state index contributed by atoms with van der Waals surface area (Å²) in [6.45, 7) is -0.344. The molecule has 0 saturated carbocycles. The molecule has 72 valence electrons. The second-order valence-corrected chi connectivity index (χ2v) is 4.17. The van der Waals surface area contributed by atoms with E-state index in [0.29, 0.717) is 10.2 Å². The molecule has 5 atom stereocenters. The van der Waals surface area contributed by atoms with Crippen molar-refractivity contribution in [3.05, 3.63) is 0 Å². The summed E-state index contributed by atoms with van der Waals surface area (Å²) in [4.78, 5) is 0. The topological polar surface area (TPSA) is 90.2 Å². The maximum atomic E-state index is 9.25. The van der Waals surface area contributed by atoms with Crippen molar-refractivity contribution in [2.45, 2.75) is 30.1 Å². The lowest BCUT2D eigenvalue weighted by Crippen LogP contribution is -2.58. The molecule has 0 aromatic heterocycles. The maximum Gasteiger partial charge on any atom is 0.111 e. The third-order valence-corrected chi connectivity index (χ3v) is 3.09. The van der Waals surface area contributed by atoms with Crippen molar-refractivity contribution >= 4 is 10.2 Å². The predicted molar refractivity (Wildman–Crippen MR) is 43.7 cm³/mol. The Balaban J connectivity index is 2.63. The van der Waals surface area contributed by atoms with Crippen molar-refractivity contribution in [1.29, 1.82) is 0 Å². The minimum Gasteiger partial charge on any atom is -0.394 e. The zero-order chi connectivity index (χ0) is 9.30. The normalized spacial score (nSPS) is 49.5. The first-order chi connectivity index (χ1) is 5.57. The van der Waals surface area contributed by atoms with E-state index in [0.717, 1.165) is 0 Å². The van der Waals surface area contributed by atoms with E-state index in [4.69, 9.17) is 9.84 Å². The molecule has 0 amide bonds. The number of aliphatic hydroxyl groups excluding tert-OH is 4. The fourth-order valence-electron chi connectivity index (χ4n) is 1.29. The van der Waals surface area contributed by atoms with Gasteiger partial charge in [-0.05, 0) is 0 Å². The zero-order valence-electron chi connectivity index (χ0n) is 6.79. The van der Waals surface area contributed by atoms with Crippen molar-refractivity contribution in [2.75, 3.05) is 6.61 Å². The van der Waals surface area contributed by atoms with Gasteiger partial charge in [-0.3, -0.25) is 0 Å². The van der Waals surface area contributed by atoms with Gasteiger partial charge in [0.25, 0.3) is 0 Å². The van der Waals surface area contributed by atoms with Gasteiger partial charge in [-0.25, -0.2) is 0 Å². The zero-order valence-corrected chi connectivity index (χ0v) is 8.79. The molecule has 6 heteroatoms. The molecule has 0 bridgehead atoms. The van der Waals surface area contributed by atoms with Gasteiger partial charge >= 0.3 is 0 Å². The number of aliphatic hydroxyl groups is 4.